The van der Waals surface area contributed by atoms with E-state index < -0.39 is 22.3 Å². The summed E-state index contributed by atoms with van der Waals surface area (Å²) < 4.78 is 13.1. The van der Waals surface area contributed by atoms with E-state index in [1.54, 1.807) is 0 Å². The van der Waals surface area contributed by atoms with Gasteiger partial charge in [-0.25, -0.2) is 0 Å². The molecule has 0 saturated heterocycles. The number of nitrogens with zero attached hydrogens (tertiary/aromatic N) is 2. The predicted octanol–water partition coefficient (Wildman–Crippen LogP) is 2.38. The van der Waals surface area contributed by atoms with Crippen molar-refractivity contribution in [2.24, 2.45) is 0 Å². The summed E-state index contributed by atoms with van der Waals surface area (Å²) in [6.45, 7) is 0. The lowest BCUT2D eigenvalue weighted by molar-refractivity contribution is -0.387. The second-order valence-electron chi connectivity index (χ2n) is 3.61. The number of amides is 1. The van der Waals surface area contributed by atoms with Gasteiger partial charge < -0.3 is 5.32 Å². The molecule has 1 amide bonds. The minimum absolute atomic E-state index is 0.148. The van der Waals surface area contributed by atoms with Gasteiger partial charge in [-0.15, -0.1) is 0 Å². The Morgan fingerprint density at radius 3 is 2.58 bits per heavy atom. The molecule has 19 heavy (non-hydrogen) atoms. The van der Waals surface area contributed by atoms with Crippen LogP contribution in [0.2, 0.25) is 0 Å². The molecule has 0 aliphatic heterocycles. The number of carbonyl (C=O) groups is 1. The second kappa shape index (κ2) is 5.21. The average Bonchev–Trinajstić information content (AvgIpc) is 2.41. The van der Waals surface area contributed by atoms with Crippen LogP contribution in [0, 0.1) is 15.9 Å². The molecule has 0 saturated carbocycles. The molecular weight excluding hydrogens is 253 g/mol. The van der Waals surface area contributed by atoms with Crippen LogP contribution >= 0.6 is 0 Å². The van der Waals surface area contributed by atoms with Crippen molar-refractivity contribution in [3.05, 3.63) is 64.2 Å². The highest BCUT2D eigenvalue weighted by Gasteiger charge is 2.15. The molecule has 0 aliphatic rings. The van der Waals surface area contributed by atoms with Gasteiger partial charge in [-0.3, -0.25) is 19.9 Å². The summed E-state index contributed by atoms with van der Waals surface area (Å²) in [5.74, 6) is -1.41. The van der Waals surface area contributed by atoms with Gasteiger partial charge in [0.1, 0.15) is 0 Å². The van der Waals surface area contributed by atoms with E-state index in [2.05, 4.69) is 10.3 Å². The summed E-state index contributed by atoms with van der Waals surface area (Å²) >= 11 is 0. The van der Waals surface area contributed by atoms with E-state index in [1.165, 1.54) is 30.6 Å². The SMILES string of the molecule is O=C(Nc1ccc(F)c([N+](=O)[O-])c1)c1ccncc1. The van der Waals surface area contributed by atoms with Gasteiger partial charge in [0.25, 0.3) is 5.91 Å². The molecule has 96 valence electrons. The molecule has 0 fully saturated rings. The average molecular weight is 261 g/mol. The van der Waals surface area contributed by atoms with E-state index in [-0.39, 0.29) is 5.69 Å². The lowest BCUT2D eigenvalue weighted by atomic mass is 10.2. The number of aromatic nitrogens is 1. The first kappa shape index (κ1) is 12.6. The molecule has 1 N–H and O–H groups in total. The molecule has 7 heteroatoms. The Kier molecular flexibility index (Phi) is 3.46. The Morgan fingerprint density at radius 1 is 1.26 bits per heavy atom. The van der Waals surface area contributed by atoms with Crippen molar-refractivity contribution in [3.63, 3.8) is 0 Å². The zero-order chi connectivity index (χ0) is 13.8. The van der Waals surface area contributed by atoms with Gasteiger partial charge in [0.05, 0.1) is 4.92 Å². The van der Waals surface area contributed by atoms with Crippen LogP contribution in [0.3, 0.4) is 0 Å². The number of hydrogen-bond acceptors (Lipinski definition) is 4. The zero-order valence-corrected chi connectivity index (χ0v) is 9.54. The Bertz CT molecular complexity index is 631. The van der Waals surface area contributed by atoms with Crippen LogP contribution in [0.15, 0.2) is 42.7 Å². The van der Waals surface area contributed by atoms with Gasteiger partial charge >= 0.3 is 5.69 Å². The normalized spacial score (nSPS) is 9.95. The van der Waals surface area contributed by atoms with Crippen molar-refractivity contribution in [1.82, 2.24) is 4.98 Å². The van der Waals surface area contributed by atoms with Crippen molar-refractivity contribution in [1.29, 1.82) is 0 Å². The van der Waals surface area contributed by atoms with Crippen LogP contribution in [0.25, 0.3) is 0 Å². The van der Waals surface area contributed by atoms with Crippen molar-refractivity contribution in [3.8, 4) is 0 Å². The third-order valence-electron chi connectivity index (χ3n) is 2.34. The maximum absolute atomic E-state index is 13.1. The zero-order valence-electron chi connectivity index (χ0n) is 9.54. The first-order valence-electron chi connectivity index (χ1n) is 5.23. The number of rotatable bonds is 3. The third kappa shape index (κ3) is 2.89. The summed E-state index contributed by atoms with van der Waals surface area (Å²) in [5.41, 5.74) is -0.190. The monoisotopic (exact) mass is 261 g/mol. The number of nitro groups is 1. The highest BCUT2D eigenvalue weighted by molar-refractivity contribution is 6.04. The van der Waals surface area contributed by atoms with Gasteiger partial charge in [0, 0.05) is 29.7 Å². The van der Waals surface area contributed by atoms with Crippen LogP contribution in [0.4, 0.5) is 15.8 Å². The van der Waals surface area contributed by atoms with E-state index in [4.69, 9.17) is 0 Å². The van der Waals surface area contributed by atoms with Gasteiger partial charge in [-0.1, -0.05) is 0 Å². The van der Waals surface area contributed by atoms with Crippen molar-refractivity contribution in [2.75, 3.05) is 5.32 Å². The van der Waals surface area contributed by atoms with Crippen LogP contribution in [-0.2, 0) is 0 Å². The summed E-state index contributed by atoms with van der Waals surface area (Å²) in [7, 11) is 0. The topological polar surface area (TPSA) is 85.1 Å². The number of nitro benzene ring substituents is 1. The first-order chi connectivity index (χ1) is 9.08. The molecule has 6 nitrogen and oxygen atoms in total. The maximum Gasteiger partial charge on any atom is 0.306 e. The number of anilines is 1. The third-order valence-corrected chi connectivity index (χ3v) is 2.34. The molecule has 2 rings (SSSR count). The molecular formula is C12H8FN3O3. The van der Waals surface area contributed by atoms with Crippen molar-refractivity contribution in [2.45, 2.75) is 0 Å². The Morgan fingerprint density at radius 2 is 1.95 bits per heavy atom. The molecule has 1 aromatic carbocycles. The molecule has 1 aromatic heterocycles. The summed E-state index contributed by atoms with van der Waals surface area (Å²) in [4.78, 5) is 25.3. The molecule has 0 spiro atoms. The number of benzene rings is 1. The fourth-order valence-electron chi connectivity index (χ4n) is 1.44. The standard InChI is InChI=1S/C12H8FN3O3/c13-10-2-1-9(7-11(10)16(18)19)15-12(17)8-3-5-14-6-4-8/h1-7H,(H,15,17). The second-order valence-corrected chi connectivity index (χ2v) is 3.61. The predicted molar refractivity (Wildman–Crippen MR) is 65.2 cm³/mol. The fourth-order valence-corrected chi connectivity index (χ4v) is 1.44. The van der Waals surface area contributed by atoms with Crippen molar-refractivity contribution < 1.29 is 14.1 Å². The van der Waals surface area contributed by atoms with Gasteiger partial charge in [0.15, 0.2) is 0 Å². The van der Waals surface area contributed by atoms with Gasteiger partial charge in [0.2, 0.25) is 5.82 Å². The van der Waals surface area contributed by atoms with E-state index in [9.17, 15) is 19.3 Å². The van der Waals surface area contributed by atoms with E-state index in [1.807, 2.05) is 0 Å². The summed E-state index contributed by atoms with van der Waals surface area (Å²) in [6.07, 6.45) is 2.89. The molecule has 0 bridgehead atoms. The fraction of sp³-hybridized carbons (Fsp3) is 0. The Balaban J connectivity index is 2.23. The minimum atomic E-state index is -0.952. The van der Waals surface area contributed by atoms with Crippen LogP contribution in [-0.4, -0.2) is 15.8 Å². The van der Waals surface area contributed by atoms with E-state index in [0.717, 1.165) is 12.1 Å². The van der Waals surface area contributed by atoms with Gasteiger partial charge in [-0.05, 0) is 24.3 Å². The van der Waals surface area contributed by atoms with E-state index in [0.29, 0.717) is 5.56 Å². The molecule has 0 aliphatic carbocycles. The largest absolute Gasteiger partial charge is 0.322 e. The smallest absolute Gasteiger partial charge is 0.306 e. The number of hydrogen-bond donors (Lipinski definition) is 1. The Hall–Kier alpha value is -2.83. The van der Waals surface area contributed by atoms with Gasteiger partial charge in [-0.2, -0.15) is 4.39 Å². The van der Waals surface area contributed by atoms with Crippen LogP contribution in [0.1, 0.15) is 10.4 Å². The number of carbonyl (C=O) groups excluding carboxylic acids is 1. The number of pyridine rings is 1. The quantitative estimate of drug-likeness (QED) is 0.679. The lowest BCUT2D eigenvalue weighted by Gasteiger charge is -2.05. The molecule has 1 heterocycles. The minimum Gasteiger partial charge on any atom is -0.322 e. The Labute approximate surface area is 107 Å². The summed E-state index contributed by atoms with van der Waals surface area (Å²) in [5, 5.41) is 13.0. The molecule has 0 atom stereocenters. The van der Waals surface area contributed by atoms with Crippen molar-refractivity contribution >= 4 is 17.3 Å². The van der Waals surface area contributed by atoms with Crippen LogP contribution in [0.5, 0.6) is 0 Å². The number of halogens is 1. The number of nitrogens with one attached hydrogen (secondary N) is 1. The van der Waals surface area contributed by atoms with E-state index >= 15 is 0 Å². The molecule has 0 unspecified atom stereocenters. The summed E-state index contributed by atoms with van der Waals surface area (Å²) in [6, 6.07) is 6.14. The highest BCUT2D eigenvalue weighted by atomic mass is 19.1. The first-order valence-corrected chi connectivity index (χ1v) is 5.23. The lowest BCUT2D eigenvalue weighted by Crippen LogP contribution is -2.12. The molecule has 2 aromatic rings. The molecule has 0 radical (unpaired) electrons. The highest BCUT2D eigenvalue weighted by Crippen LogP contribution is 2.21. The maximum atomic E-state index is 13.1. The van der Waals surface area contributed by atoms with Crippen LogP contribution < -0.4 is 5.32 Å².